The van der Waals surface area contributed by atoms with Crippen molar-refractivity contribution in [3.8, 4) is 23.2 Å². The van der Waals surface area contributed by atoms with E-state index in [4.69, 9.17) is 14.5 Å². The van der Waals surface area contributed by atoms with Gasteiger partial charge in [0.1, 0.15) is 17.2 Å². The molecule has 2 rings (SSSR count). The minimum Gasteiger partial charge on any atom is -0.497 e. The molecule has 7 heteroatoms. The molecule has 0 bridgehead atoms. The lowest BCUT2D eigenvalue weighted by atomic mass is 9.94. The molecule has 0 aliphatic heterocycles. The summed E-state index contributed by atoms with van der Waals surface area (Å²) in [6.07, 6.45) is 0. The Morgan fingerprint density at radius 2 is 2.22 bits per heavy atom. The zero-order valence-electron chi connectivity index (χ0n) is 13.5. The van der Waals surface area contributed by atoms with E-state index in [0.29, 0.717) is 11.6 Å². The fraction of sp³-hybridized carbons (Fsp3) is 0.375. The lowest BCUT2D eigenvalue weighted by Gasteiger charge is -2.17. The molecule has 0 saturated carbocycles. The maximum Gasteiger partial charge on any atom is 0.249 e. The van der Waals surface area contributed by atoms with Gasteiger partial charge in [-0.25, -0.2) is 0 Å². The van der Waals surface area contributed by atoms with Crippen molar-refractivity contribution < 1.29 is 14.1 Å². The molecule has 1 aromatic heterocycles. The molecule has 0 aliphatic carbocycles. The van der Waals surface area contributed by atoms with Gasteiger partial charge in [-0.15, -0.1) is 0 Å². The van der Waals surface area contributed by atoms with Crippen molar-refractivity contribution in [1.82, 2.24) is 15.5 Å². The topological polar surface area (TPSA) is 101 Å². The summed E-state index contributed by atoms with van der Waals surface area (Å²) >= 11 is 0. The van der Waals surface area contributed by atoms with E-state index in [2.05, 4.69) is 15.5 Å². The molecule has 120 valence electrons. The van der Waals surface area contributed by atoms with Crippen LogP contribution in [-0.4, -0.2) is 23.2 Å². The van der Waals surface area contributed by atoms with Crippen molar-refractivity contribution >= 4 is 5.91 Å². The van der Waals surface area contributed by atoms with Gasteiger partial charge in [0.25, 0.3) is 0 Å². The summed E-state index contributed by atoms with van der Waals surface area (Å²) < 4.78 is 10.4. The summed E-state index contributed by atoms with van der Waals surface area (Å²) in [4.78, 5) is 16.3. The van der Waals surface area contributed by atoms with Crippen LogP contribution in [0.2, 0.25) is 0 Å². The third-order valence-corrected chi connectivity index (χ3v) is 3.33. The Labute approximate surface area is 134 Å². The minimum absolute atomic E-state index is 0.268. The number of ether oxygens (including phenoxy) is 1. The molecule has 1 aromatic carbocycles. The first-order valence-electron chi connectivity index (χ1n) is 7.07. The van der Waals surface area contributed by atoms with Gasteiger partial charge >= 0.3 is 0 Å². The third-order valence-electron chi connectivity index (χ3n) is 3.33. The monoisotopic (exact) mass is 314 g/mol. The Morgan fingerprint density at radius 1 is 1.48 bits per heavy atom. The Kier molecular flexibility index (Phi) is 4.65. The zero-order chi connectivity index (χ0) is 17.0. The van der Waals surface area contributed by atoms with Crippen molar-refractivity contribution in [2.24, 2.45) is 5.41 Å². The minimum atomic E-state index is -1.12. The number of nitriles is 1. The molecule has 0 aliphatic rings. The van der Waals surface area contributed by atoms with Crippen LogP contribution in [0.4, 0.5) is 0 Å². The van der Waals surface area contributed by atoms with Crippen LogP contribution >= 0.6 is 0 Å². The first-order chi connectivity index (χ1) is 10.9. The van der Waals surface area contributed by atoms with E-state index >= 15 is 0 Å². The average molecular weight is 314 g/mol. The predicted molar refractivity (Wildman–Crippen MR) is 82.2 cm³/mol. The SMILES string of the molecule is COc1cccc(-c2noc([C@@H](C)NC(=O)C(C)(C)C#N)n2)c1. The fourth-order valence-corrected chi connectivity index (χ4v) is 1.78. The largest absolute Gasteiger partial charge is 0.497 e. The fourth-order valence-electron chi connectivity index (χ4n) is 1.78. The molecule has 0 radical (unpaired) electrons. The molecule has 0 spiro atoms. The third kappa shape index (κ3) is 3.66. The van der Waals surface area contributed by atoms with Gasteiger partial charge in [0.2, 0.25) is 17.6 Å². The van der Waals surface area contributed by atoms with E-state index in [1.54, 1.807) is 33.9 Å². The van der Waals surface area contributed by atoms with Gasteiger partial charge in [0, 0.05) is 5.56 Å². The van der Waals surface area contributed by atoms with Gasteiger partial charge in [-0.2, -0.15) is 10.2 Å². The Bertz CT molecular complexity index is 746. The van der Waals surface area contributed by atoms with Crippen molar-refractivity contribution in [2.45, 2.75) is 26.8 Å². The van der Waals surface area contributed by atoms with Crippen LogP contribution in [0.3, 0.4) is 0 Å². The summed E-state index contributed by atoms with van der Waals surface area (Å²) in [7, 11) is 1.58. The first kappa shape index (κ1) is 16.5. The van der Waals surface area contributed by atoms with Crippen LogP contribution in [0.15, 0.2) is 28.8 Å². The number of aromatic nitrogens is 2. The molecular weight excluding hydrogens is 296 g/mol. The lowest BCUT2D eigenvalue weighted by molar-refractivity contribution is -0.127. The van der Waals surface area contributed by atoms with Crippen molar-refractivity contribution in [1.29, 1.82) is 5.26 Å². The average Bonchev–Trinajstić information content (AvgIpc) is 3.05. The van der Waals surface area contributed by atoms with E-state index in [1.165, 1.54) is 0 Å². The number of amides is 1. The maximum atomic E-state index is 12.0. The Balaban J connectivity index is 2.15. The van der Waals surface area contributed by atoms with Gasteiger partial charge < -0.3 is 14.6 Å². The van der Waals surface area contributed by atoms with Crippen LogP contribution in [0.1, 0.15) is 32.7 Å². The lowest BCUT2D eigenvalue weighted by Crippen LogP contribution is -2.37. The second-order valence-electron chi connectivity index (χ2n) is 5.62. The van der Waals surface area contributed by atoms with Gasteiger partial charge in [0.05, 0.1) is 13.2 Å². The number of hydrogen-bond acceptors (Lipinski definition) is 6. The van der Waals surface area contributed by atoms with E-state index < -0.39 is 17.4 Å². The van der Waals surface area contributed by atoms with Crippen LogP contribution in [0.5, 0.6) is 5.75 Å². The number of carbonyl (C=O) groups excluding carboxylic acids is 1. The number of rotatable bonds is 5. The van der Waals surface area contributed by atoms with Gasteiger partial charge in [-0.05, 0) is 32.9 Å². The highest BCUT2D eigenvalue weighted by Crippen LogP contribution is 2.23. The van der Waals surface area contributed by atoms with E-state index in [0.717, 1.165) is 5.56 Å². The van der Waals surface area contributed by atoms with Crippen LogP contribution < -0.4 is 10.1 Å². The normalized spacial score (nSPS) is 12.3. The molecule has 0 unspecified atom stereocenters. The molecule has 1 amide bonds. The Morgan fingerprint density at radius 3 is 2.87 bits per heavy atom. The summed E-state index contributed by atoms with van der Waals surface area (Å²) in [5.41, 5.74) is -0.376. The second kappa shape index (κ2) is 6.48. The molecule has 0 saturated heterocycles. The molecule has 0 fully saturated rings. The number of benzene rings is 1. The number of carbonyl (C=O) groups is 1. The summed E-state index contributed by atoms with van der Waals surface area (Å²) in [5.74, 6) is 0.962. The standard InChI is InChI=1S/C16H18N4O3/c1-10(18-15(21)16(2,3)9-17)14-19-13(20-23-14)11-6-5-7-12(8-11)22-4/h5-8,10H,1-4H3,(H,18,21)/t10-/m1/s1. The van der Waals surface area contributed by atoms with E-state index in [-0.39, 0.29) is 5.89 Å². The highest BCUT2D eigenvalue weighted by Gasteiger charge is 2.29. The second-order valence-corrected chi connectivity index (χ2v) is 5.62. The number of hydrogen-bond donors (Lipinski definition) is 1. The summed E-state index contributed by atoms with van der Waals surface area (Å²) in [5, 5.41) is 15.6. The smallest absolute Gasteiger partial charge is 0.249 e. The highest BCUT2D eigenvalue weighted by atomic mass is 16.5. The predicted octanol–water partition coefficient (Wildman–Crippen LogP) is 2.47. The van der Waals surface area contributed by atoms with E-state index in [1.807, 2.05) is 24.3 Å². The molecule has 23 heavy (non-hydrogen) atoms. The maximum absolute atomic E-state index is 12.0. The number of nitrogens with one attached hydrogen (secondary N) is 1. The Hall–Kier alpha value is -2.88. The van der Waals surface area contributed by atoms with Gasteiger partial charge in [-0.1, -0.05) is 17.3 Å². The number of nitrogens with zero attached hydrogens (tertiary/aromatic N) is 3. The van der Waals surface area contributed by atoms with Crippen LogP contribution in [0.25, 0.3) is 11.4 Å². The summed E-state index contributed by atoms with van der Waals surface area (Å²) in [6.45, 7) is 4.81. The van der Waals surface area contributed by atoms with Gasteiger partial charge in [0.15, 0.2) is 0 Å². The summed E-state index contributed by atoms with van der Waals surface area (Å²) in [6, 6.07) is 8.71. The first-order valence-corrected chi connectivity index (χ1v) is 7.07. The molecule has 7 nitrogen and oxygen atoms in total. The molecule has 1 N–H and O–H groups in total. The van der Waals surface area contributed by atoms with Crippen molar-refractivity contribution in [3.05, 3.63) is 30.2 Å². The van der Waals surface area contributed by atoms with Crippen LogP contribution in [0, 0.1) is 16.7 Å². The molecule has 1 heterocycles. The molecule has 1 atom stereocenters. The molecular formula is C16H18N4O3. The highest BCUT2D eigenvalue weighted by molar-refractivity contribution is 5.84. The van der Waals surface area contributed by atoms with Gasteiger partial charge in [-0.3, -0.25) is 4.79 Å². The van der Waals surface area contributed by atoms with Crippen molar-refractivity contribution in [3.63, 3.8) is 0 Å². The van der Waals surface area contributed by atoms with Crippen LogP contribution in [-0.2, 0) is 4.79 Å². The number of methoxy groups -OCH3 is 1. The van der Waals surface area contributed by atoms with Crippen molar-refractivity contribution in [2.75, 3.05) is 7.11 Å². The van der Waals surface area contributed by atoms with E-state index in [9.17, 15) is 4.79 Å². The quantitative estimate of drug-likeness (QED) is 0.909. The zero-order valence-corrected chi connectivity index (χ0v) is 13.5. The molecule has 2 aromatic rings.